The van der Waals surface area contributed by atoms with Gasteiger partial charge in [0.1, 0.15) is 11.5 Å². The first-order valence-electron chi connectivity index (χ1n) is 5.41. The number of nitrogens with two attached hydrogens (primary N) is 1. The van der Waals surface area contributed by atoms with Gasteiger partial charge in [0, 0.05) is 5.56 Å². The lowest BCUT2D eigenvalue weighted by atomic mass is 10.1. The van der Waals surface area contributed by atoms with Crippen molar-refractivity contribution >= 4 is 21.8 Å². The number of ether oxygens (including phenoxy) is 1. The number of para-hydroxylation sites is 1. The summed E-state index contributed by atoms with van der Waals surface area (Å²) < 4.78 is 6.60. The summed E-state index contributed by atoms with van der Waals surface area (Å²) in [7, 11) is 0. The molecule has 0 heterocycles. The van der Waals surface area contributed by atoms with Crippen molar-refractivity contribution in [2.45, 2.75) is 6.92 Å². The molecule has 0 aliphatic heterocycles. The first kappa shape index (κ1) is 12.6. The second-order valence-electron chi connectivity index (χ2n) is 3.87. The van der Waals surface area contributed by atoms with Crippen molar-refractivity contribution in [2.75, 3.05) is 0 Å². The van der Waals surface area contributed by atoms with E-state index in [0.29, 0.717) is 11.3 Å². The van der Waals surface area contributed by atoms with Crippen LogP contribution in [-0.2, 0) is 0 Å². The van der Waals surface area contributed by atoms with E-state index in [2.05, 4.69) is 15.9 Å². The number of rotatable bonds is 3. The summed E-state index contributed by atoms with van der Waals surface area (Å²) in [5.74, 6) is 0.966. The van der Waals surface area contributed by atoms with Crippen LogP contribution in [0.5, 0.6) is 11.5 Å². The van der Waals surface area contributed by atoms with E-state index in [-0.39, 0.29) is 0 Å². The summed E-state index contributed by atoms with van der Waals surface area (Å²) in [4.78, 5) is 11.1. The van der Waals surface area contributed by atoms with Crippen LogP contribution in [0.2, 0.25) is 0 Å². The van der Waals surface area contributed by atoms with Gasteiger partial charge in [-0.1, -0.05) is 12.1 Å². The third-order valence-corrected chi connectivity index (χ3v) is 3.18. The van der Waals surface area contributed by atoms with Crippen molar-refractivity contribution in [1.82, 2.24) is 0 Å². The Morgan fingerprint density at radius 1 is 1.22 bits per heavy atom. The van der Waals surface area contributed by atoms with Crippen LogP contribution in [0, 0.1) is 6.92 Å². The molecule has 2 aromatic carbocycles. The fourth-order valence-corrected chi connectivity index (χ4v) is 2.00. The first-order chi connectivity index (χ1) is 8.58. The maximum atomic E-state index is 11.1. The van der Waals surface area contributed by atoms with Crippen molar-refractivity contribution in [3.8, 4) is 11.5 Å². The molecule has 0 saturated heterocycles. The molecule has 4 heteroatoms. The zero-order chi connectivity index (χ0) is 13.1. The van der Waals surface area contributed by atoms with Gasteiger partial charge in [-0.05, 0) is 58.7 Å². The molecular weight excluding hydrogens is 294 g/mol. The highest BCUT2D eigenvalue weighted by Gasteiger charge is 2.07. The van der Waals surface area contributed by atoms with Crippen LogP contribution in [-0.4, -0.2) is 5.91 Å². The number of hydrogen-bond acceptors (Lipinski definition) is 2. The van der Waals surface area contributed by atoms with Crippen LogP contribution < -0.4 is 10.5 Å². The molecule has 3 nitrogen and oxygen atoms in total. The summed E-state index contributed by atoms with van der Waals surface area (Å²) in [5.41, 5.74) is 6.56. The van der Waals surface area contributed by atoms with Crippen LogP contribution >= 0.6 is 15.9 Å². The number of carbonyl (C=O) groups excluding carboxylic acids is 1. The van der Waals surface area contributed by atoms with Gasteiger partial charge >= 0.3 is 0 Å². The Hall–Kier alpha value is -1.81. The lowest BCUT2D eigenvalue weighted by Crippen LogP contribution is -2.12. The normalized spacial score (nSPS) is 10.1. The van der Waals surface area contributed by atoms with Crippen LogP contribution in [0.25, 0.3) is 0 Å². The second-order valence-corrected chi connectivity index (χ2v) is 4.73. The van der Waals surface area contributed by atoms with Gasteiger partial charge in [0.2, 0.25) is 5.91 Å². The molecular formula is C14H12BrNO2. The molecule has 0 aliphatic carbocycles. The molecule has 0 bridgehead atoms. The molecule has 2 N–H and O–H groups in total. The molecule has 18 heavy (non-hydrogen) atoms. The molecule has 0 aromatic heterocycles. The second kappa shape index (κ2) is 5.23. The topological polar surface area (TPSA) is 52.3 Å². The Morgan fingerprint density at radius 3 is 2.56 bits per heavy atom. The summed E-state index contributed by atoms with van der Waals surface area (Å²) in [6, 6.07) is 12.8. The average molecular weight is 306 g/mol. The van der Waals surface area contributed by atoms with Gasteiger partial charge in [0.05, 0.1) is 4.47 Å². The highest BCUT2D eigenvalue weighted by atomic mass is 79.9. The highest BCUT2D eigenvalue weighted by Crippen LogP contribution is 2.29. The van der Waals surface area contributed by atoms with Gasteiger partial charge in [-0.2, -0.15) is 0 Å². The third-order valence-electron chi connectivity index (χ3n) is 2.53. The Balaban J connectivity index is 2.29. The van der Waals surface area contributed by atoms with Crippen LogP contribution in [0.15, 0.2) is 46.9 Å². The Labute approximate surface area is 114 Å². The zero-order valence-electron chi connectivity index (χ0n) is 9.81. The molecule has 2 aromatic rings. The standard InChI is InChI=1S/C14H12BrNO2/c1-9-8-10(6-7-11(9)14(16)17)18-13-5-3-2-4-12(13)15/h2-8H,1H3,(H2,16,17). The number of carbonyl (C=O) groups is 1. The molecule has 0 saturated carbocycles. The van der Waals surface area contributed by atoms with Gasteiger partial charge in [-0.15, -0.1) is 0 Å². The maximum Gasteiger partial charge on any atom is 0.248 e. The monoisotopic (exact) mass is 305 g/mol. The van der Waals surface area contributed by atoms with Crippen LogP contribution in [0.3, 0.4) is 0 Å². The Morgan fingerprint density at radius 2 is 1.94 bits per heavy atom. The van der Waals surface area contributed by atoms with E-state index in [0.717, 1.165) is 15.8 Å². The van der Waals surface area contributed by atoms with E-state index < -0.39 is 5.91 Å². The van der Waals surface area contributed by atoms with Crippen molar-refractivity contribution in [2.24, 2.45) is 5.73 Å². The first-order valence-corrected chi connectivity index (χ1v) is 6.20. The lowest BCUT2D eigenvalue weighted by Gasteiger charge is -2.09. The molecule has 2 rings (SSSR count). The van der Waals surface area contributed by atoms with Gasteiger partial charge in [0.25, 0.3) is 0 Å². The Bertz CT molecular complexity index is 596. The number of amides is 1. The van der Waals surface area contributed by atoms with E-state index >= 15 is 0 Å². The summed E-state index contributed by atoms with van der Waals surface area (Å²) >= 11 is 3.41. The predicted octanol–water partition coefficient (Wildman–Crippen LogP) is 3.65. The zero-order valence-corrected chi connectivity index (χ0v) is 11.4. The number of benzene rings is 2. The molecule has 0 unspecified atom stereocenters. The van der Waals surface area contributed by atoms with Gasteiger partial charge in [-0.25, -0.2) is 0 Å². The minimum Gasteiger partial charge on any atom is -0.456 e. The Kier molecular flexibility index (Phi) is 3.67. The van der Waals surface area contributed by atoms with Gasteiger partial charge in [-0.3, -0.25) is 4.79 Å². The lowest BCUT2D eigenvalue weighted by molar-refractivity contribution is 0.0999. The SMILES string of the molecule is Cc1cc(Oc2ccccc2Br)ccc1C(N)=O. The fraction of sp³-hybridized carbons (Fsp3) is 0.0714. The quantitative estimate of drug-likeness (QED) is 0.941. The minimum atomic E-state index is -0.431. The van der Waals surface area contributed by atoms with Crippen LogP contribution in [0.4, 0.5) is 0 Å². The largest absolute Gasteiger partial charge is 0.456 e. The number of halogens is 1. The minimum absolute atomic E-state index is 0.431. The van der Waals surface area contributed by atoms with Crippen LogP contribution in [0.1, 0.15) is 15.9 Å². The number of primary amides is 1. The number of aryl methyl sites for hydroxylation is 1. The third kappa shape index (κ3) is 2.71. The molecule has 92 valence electrons. The summed E-state index contributed by atoms with van der Waals surface area (Å²) in [6.45, 7) is 1.83. The van der Waals surface area contributed by atoms with Gasteiger partial charge < -0.3 is 10.5 Å². The molecule has 0 aliphatic rings. The maximum absolute atomic E-state index is 11.1. The summed E-state index contributed by atoms with van der Waals surface area (Å²) in [5, 5.41) is 0. The van der Waals surface area contributed by atoms with Crippen molar-refractivity contribution < 1.29 is 9.53 Å². The highest BCUT2D eigenvalue weighted by molar-refractivity contribution is 9.10. The van der Waals surface area contributed by atoms with E-state index in [9.17, 15) is 4.79 Å². The fourth-order valence-electron chi connectivity index (χ4n) is 1.63. The van der Waals surface area contributed by atoms with Crippen molar-refractivity contribution in [1.29, 1.82) is 0 Å². The molecule has 0 spiro atoms. The summed E-state index contributed by atoms with van der Waals surface area (Å²) in [6.07, 6.45) is 0. The average Bonchev–Trinajstić information content (AvgIpc) is 2.32. The number of hydrogen-bond donors (Lipinski definition) is 1. The van der Waals surface area contributed by atoms with E-state index in [1.165, 1.54) is 0 Å². The van der Waals surface area contributed by atoms with Crippen molar-refractivity contribution in [3.63, 3.8) is 0 Å². The molecule has 0 fully saturated rings. The smallest absolute Gasteiger partial charge is 0.248 e. The molecule has 0 radical (unpaired) electrons. The predicted molar refractivity (Wildman–Crippen MR) is 73.9 cm³/mol. The molecule has 0 atom stereocenters. The van der Waals surface area contributed by atoms with Crippen molar-refractivity contribution in [3.05, 3.63) is 58.1 Å². The van der Waals surface area contributed by atoms with E-state index in [1.54, 1.807) is 18.2 Å². The molecule has 1 amide bonds. The van der Waals surface area contributed by atoms with E-state index in [4.69, 9.17) is 10.5 Å². The van der Waals surface area contributed by atoms with E-state index in [1.807, 2.05) is 31.2 Å². The van der Waals surface area contributed by atoms with Gasteiger partial charge in [0.15, 0.2) is 0 Å².